The van der Waals surface area contributed by atoms with Crippen LogP contribution >= 0.6 is 0 Å². The first-order valence-corrected chi connectivity index (χ1v) is 7.28. The molecule has 0 radical (unpaired) electrons. The Morgan fingerprint density at radius 1 is 1.30 bits per heavy atom. The van der Waals surface area contributed by atoms with Crippen LogP contribution in [0, 0.1) is 12.8 Å². The topological polar surface area (TPSA) is 47.6 Å². The molecule has 3 rings (SSSR count). The van der Waals surface area contributed by atoms with Crippen molar-refractivity contribution in [2.75, 3.05) is 26.9 Å². The molecule has 2 heterocycles. The van der Waals surface area contributed by atoms with Crippen molar-refractivity contribution in [3.63, 3.8) is 0 Å². The molecule has 0 aliphatic carbocycles. The number of aryl methyl sites for hydroxylation is 1. The number of carbonyl (C=O) groups is 1. The highest BCUT2D eigenvalue weighted by molar-refractivity contribution is 5.97. The zero-order valence-electron chi connectivity index (χ0n) is 12.1. The van der Waals surface area contributed by atoms with Crippen molar-refractivity contribution in [2.45, 2.75) is 25.7 Å². The van der Waals surface area contributed by atoms with Gasteiger partial charge in [-0.05, 0) is 37.3 Å². The maximum atomic E-state index is 12.0. The minimum absolute atomic E-state index is 0.0717. The largest absolute Gasteiger partial charge is 0.492 e. The molecule has 1 unspecified atom stereocenters. The summed E-state index contributed by atoms with van der Waals surface area (Å²) in [6.07, 6.45) is 2.16. The molecule has 1 saturated heterocycles. The van der Waals surface area contributed by atoms with Gasteiger partial charge in [-0.25, -0.2) is 0 Å². The number of hydrogen-bond donors (Lipinski definition) is 1. The lowest BCUT2D eigenvalue weighted by atomic mass is 9.81. The summed E-state index contributed by atoms with van der Waals surface area (Å²) in [5.74, 6) is 1.71. The van der Waals surface area contributed by atoms with E-state index in [9.17, 15) is 4.79 Å². The van der Waals surface area contributed by atoms with Crippen molar-refractivity contribution in [1.82, 2.24) is 5.32 Å². The number of amides is 1. The Kier molecular flexibility index (Phi) is 3.66. The van der Waals surface area contributed by atoms with Gasteiger partial charge in [0, 0.05) is 31.7 Å². The summed E-state index contributed by atoms with van der Waals surface area (Å²) in [6, 6.07) is 4.08. The number of benzene rings is 1. The number of ether oxygens (including phenoxy) is 2. The Bertz CT molecular complexity index is 521. The van der Waals surface area contributed by atoms with Gasteiger partial charge >= 0.3 is 0 Å². The highest BCUT2D eigenvalue weighted by Crippen LogP contribution is 2.44. The lowest BCUT2D eigenvalue weighted by molar-refractivity contribution is 0.0551. The van der Waals surface area contributed by atoms with Crippen molar-refractivity contribution in [3.05, 3.63) is 28.8 Å². The summed E-state index contributed by atoms with van der Waals surface area (Å²) in [7, 11) is 1.65. The summed E-state index contributed by atoms with van der Waals surface area (Å²) in [5, 5.41) is 2.69. The van der Waals surface area contributed by atoms with Gasteiger partial charge in [-0.1, -0.05) is 6.07 Å². The monoisotopic (exact) mass is 275 g/mol. The summed E-state index contributed by atoms with van der Waals surface area (Å²) >= 11 is 0. The van der Waals surface area contributed by atoms with Crippen LogP contribution in [0.25, 0.3) is 0 Å². The normalized spacial score (nSPS) is 22.2. The van der Waals surface area contributed by atoms with Crippen LogP contribution < -0.4 is 10.1 Å². The van der Waals surface area contributed by atoms with E-state index >= 15 is 0 Å². The molecule has 1 amide bonds. The Morgan fingerprint density at radius 3 is 2.75 bits per heavy atom. The van der Waals surface area contributed by atoms with Gasteiger partial charge in [-0.15, -0.1) is 0 Å². The summed E-state index contributed by atoms with van der Waals surface area (Å²) in [4.78, 5) is 12.0. The van der Waals surface area contributed by atoms with E-state index in [1.807, 2.05) is 13.0 Å². The number of rotatable bonds is 2. The predicted molar refractivity (Wildman–Crippen MR) is 76.3 cm³/mol. The number of nitrogens with one attached hydrogen (secondary N) is 1. The van der Waals surface area contributed by atoms with Gasteiger partial charge in [0.15, 0.2) is 0 Å². The van der Waals surface area contributed by atoms with Crippen LogP contribution in [0.5, 0.6) is 5.75 Å². The molecule has 4 heteroatoms. The molecule has 0 spiro atoms. The van der Waals surface area contributed by atoms with Crippen LogP contribution in [0.1, 0.15) is 40.2 Å². The van der Waals surface area contributed by atoms with Crippen molar-refractivity contribution in [2.24, 2.45) is 5.92 Å². The van der Waals surface area contributed by atoms with Gasteiger partial charge in [-0.2, -0.15) is 0 Å². The molecule has 4 nitrogen and oxygen atoms in total. The molecule has 2 aliphatic rings. The van der Waals surface area contributed by atoms with Gasteiger partial charge in [0.05, 0.1) is 12.2 Å². The van der Waals surface area contributed by atoms with Crippen LogP contribution in [-0.4, -0.2) is 32.8 Å². The Balaban J connectivity index is 1.96. The smallest absolute Gasteiger partial charge is 0.254 e. The van der Waals surface area contributed by atoms with Crippen molar-refractivity contribution >= 4 is 5.91 Å². The third-order valence-electron chi connectivity index (χ3n) is 4.38. The van der Waals surface area contributed by atoms with Crippen LogP contribution in [0.2, 0.25) is 0 Å². The molecular weight excluding hydrogens is 254 g/mol. The molecule has 1 aromatic rings. The zero-order valence-corrected chi connectivity index (χ0v) is 12.1. The summed E-state index contributed by atoms with van der Waals surface area (Å²) < 4.78 is 11.3. The van der Waals surface area contributed by atoms with E-state index in [2.05, 4.69) is 11.4 Å². The van der Waals surface area contributed by atoms with Crippen molar-refractivity contribution in [3.8, 4) is 5.75 Å². The standard InChI is InChI=1S/C16H21NO3/c1-10-7-12-14(11-3-5-19-6-4-11)9-20-15(12)13(8-10)16(18)17-2/h7-8,11,14H,3-6,9H2,1-2H3,(H,17,18). The molecule has 2 aliphatic heterocycles. The second kappa shape index (κ2) is 5.44. The molecule has 1 atom stereocenters. The predicted octanol–water partition coefficient (Wildman–Crippen LogP) is 2.26. The van der Waals surface area contributed by atoms with Crippen molar-refractivity contribution in [1.29, 1.82) is 0 Å². The van der Waals surface area contributed by atoms with Gasteiger partial charge in [-0.3, -0.25) is 4.79 Å². The van der Waals surface area contributed by atoms with E-state index < -0.39 is 0 Å². The second-order valence-electron chi connectivity index (χ2n) is 5.68. The fraction of sp³-hybridized carbons (Fsp3) is 0.562. The highest BCUT2D eigenvalue weighted by Gasteiger charge is 2.34. The number of hydrogen-bond acceptors (Lipinski definition) is 3. The fourth-order valence-corrected chi connectivity index (χ4v) is 3.31. The van der Waals surface area contributed by atoms with E-state index in [1.54, 1.807) is 7.05 Å². The average molecular weight is 275 g/mol. The third kappa shape index (κ3) is 2.29. The first-order chi connectivity index (χ1) is 9.70. The van der Waals surface area contributed by atoms with Gasteiger partial charge in [0.2, 0.25) is 0 Å². The molecular formula is C16H21NO3. The van der Waals surface area contributed by atoms with E-state index in [-0.39, 0.29) is 5.91 Å². The van der Waals surface area contributed by atoms with Gasteiger partial charge in [0.1, 0.15) is 5.75 Å². The SMILES string of the molecule is CNC(=O)c1cc(C)cc2c1OCC2C1CCOCC1. The lowest BCUT2D eigenvalue weighted by Crippen LogP contribution is -2.23. The quantitative estimate of drug-likeness (QED) is 0.900. The second-order valence-corrected chi connectivity index (χ2v) is 5.68. The molecule has 108 valence electrons. The minimum Gasteiger partial charge on any atom is -0.492 e. The molecule has 0 bridgehead atoms. The summed E-state index contributed by atoms with van der Waals surface area (Å²) in [6.45, 7) is 4.40. The zero-order chi connectivity index (χ0) is 14.1. The van der Waals surface area contributed by atoms with E-state index in [0.717, 1.165) is 37.4 Å². The maximum Gasteiger partial charge on any atom is 0.254 e. The maximum absolute atomic E-state index is 12.0. The highest BCUT2D eigenvalue weighted by atomic mass is 16.5. The van der Waals surface area contributed by atoms with Crippen LogP contribution in [-0.2, 0) is 4.74 Å². The molecule has 0 saturated carbocycles. The average Bonchev–Trinajstić information content (AvgIpc) is 2.90. The van der Waals surface area contributed by atoms with E-state index in [0.29, 0.717) is 24.0 Å². The lowest BCUT2D eigenvalue weighted by Gasteiger charge is -2.26. The van der Waals surface area contributed by atoms with Crippen molar-refractivity contribution < 1.29 is 14.3 Å². The van der Waals surface area contributed by atoms with Gasteiger partial charge in [0.25, 0.3) is 5.91 Å². The Hall–Kier alpha value is -1.55. The molecule has 1 fully saturated rings. The fourth-order valence-electron chi connectivity index (χ4n) is 3.31. The number of carbonyl (C=O) groups excluding carboxylic acids is 1. The number of fused-ring (bicyclic) bond motifs is 1. The molecule has 1 N–H and O–H groups in total. The minimum atomic E-state index is -0.0717. The first kappa shape index (κ1) is 13.4. The van der Waals surface area contributed by atoms with Gasteiger partial charge < -0.3 is 14.8 Å². The van der Waals surface area contributed by atoms with E-state index in [1.165, 1.54) is 5.56 Å². The van der Waals surface area contributed by atoms with E-state index in [4.69, 9.17) is 9.47 Å². The molecule has 20 heavy (non-hydrogen) atoms. The first-order valence-electron chi connectivity index (χ1n) is 7.28. The Morgan fingerprint density at radius 2 is 2.05 bits per heavy atom. The Labute approximate surface area is 119 Å². The molecule has 1 aromatic carbocycles. The molecule has 0 aromatic heterocycles. The summed E-state index contributed by atoms with van der Waals surface area (Å²) in [5.41, 5.74) is 2.98. The van der Waals surface area contributed by atoms with Crippen LogP contribution in [0.15, 0.2) is 12.1 Å². The van der Waals surface area contributed by atoms with Crippen LogP contribution in [0.3, 0.4) is 0 Å². The van der Waals surface area contributed by atoms with Crippen LogP contribution in [0.4, 0.5) is 0 Å². The third-order valence-corrected chi connectivity index (χ3v) is 4.38.